The van der Waals surface area contributed by atoms with Gasteiger partial charge in [0, 0.05) is 4.80 Å². The smallest absolute Gasteiger partial charge is 0.418 e. The average Bonchev–Trinajstić information content (AvgIpc) is 3.14. The third-order valence-corrected chi connectivity index (χ3v) is 3.56. The fraction of sp³-hybridized carbons (Fsp3) is 0. The van der Waals surface area contributed by atoms with E-state index >= 15 is 0 Å². The number of rotatable bonds is 3. The van der Waals surface area contributed by atoms with Gasteiger partial charge in [-0.25, -0.2) is 0 Å². The maximum absolute atomic E-state index is 9.75. The lowest BCUT2D eigenvalue weighted by Gasteiger charge is -1.98. The molecule has 0 atom stereocenters. The Hall–Kier alpha value is -3.49. The van der Waals surface area contributed by atoms with Crippen molar-refractivity contribution in [1.82, 2.24) is 15.0 Å². The van der Waals surface area contributed by atoms with Gasteiger partial charge >= 0.3 is 13.1 Å². The average molecular weight is 386 g/mol. The monoisotopic (exact) mass is 386 g/mol. The molecule has 0 aliphatic rings. The van der Waals surface area contributed by atoms with Gasteiger partial charge in [0.15, 0.2) is 5.69 Å². The van der Waals surface area contributed by atoms with Crippen molar-refractivity contribution in [2.45, 2.75) is 0 Å². The molecule has 0 amide bonds. The summed E-state index contributed by atoms with van der Waals surface area (Å²) in [5.41, 5.74) is 2.92. The van der Waals surface area contributed by atoms with Crippen molar-refractivity contribution in [3.63, 3.8) is 0 Å². The van der Waals surface area contributed by atoms with Crippen LogP contribution in [0, 0.1) is 0 Å². The van der Waals surface area contributed by atoms with E-state index in [4.69, 9.17) is 10.2 Å². The zero-order valence-electron chi connectivity index (χ0n) is 14.5. The number of halogens is 4. The predicted octanol–water partition coefficient (Wildman–Crippen LogP) is 4.51. The topological polar surface area (TPSA) is 34.6 Å². The van der Waals surface area contributed by atoms with Crippen LogP contribution in [0.3, 0.4) is 0 Å². The van der Waals surface area contributed by atoms with Crippen LogP contribution in [0.25, 0.3) is 22.8 Å². The summed E-state index contributed by atoms with van der Waals surface area (Å²) >= 11 is 0. The molecule has 28 heavy (non-hydrogen) atoms. The molecule has 0 bridgehead atoms. The molecule has 4 rings (SSSR count). The highest BCUT2D eigenvalue weighted by atomic mass is 19.5. The van der Waals surface area contributed by atoms with Gasteiger partial charge in [0.25, 0.3) is 0 Å². The second-order valence-electron chi connectivity index (χ2n) is 5.63. The number of benzene rings is 3. The molecule has 0 fully saturated rings. The number of para-hydroxylation sites is 2. The Morgan fingerprint density at radius 2 is 1.14 bits per heavy atom. The fourth-order valence-electron chi connectivity index (χ4n) is 2.44. The van der Waals surface area contributed by atoms with E-state index < -0.39 is 7.25 Å². The Kier molecular flexibility index (Phi) is 5.83. The molecule has 4 nitrogen and oxygen atoms in total. The minimum absolute atomic E-state index is 0.693. The Balaban J connectivity index is 0.000000403. The highest BCUT2D eigenvalue weighted by Crippen LogP contribution is 2.14. The number of tetrazole rings is 1. The lowest BCUT2D eigenvalue weighted by Crippen LogP contribution is -2.43. The third kappa shape index (κ3) is 5.26. The molecule has 0 N–H and O–H groups in total. The van der Waals surface area contributed by atoms with Crippen molar-refractivity contribution in [1.29, 1.82) is 0 Å². The molecule has 0 aliphatic carbocycles. The molecule has 0 aliphatic heterocycles. The van der Waals surface area contributed by atoms with E-state index in [0.717, 1.165) is 16.9 Å². The molecule has 0 spiro atoms. The Labute approximate surface area is 158 Å². The van der Waals surface area contributed by atoms with Crippen molar-refractivity contribution in [3.8, 4) is 22.8 Å². The Morgan fingerprint density at radius 3 is 1.68 bits per heavy atom. The van der Waals surface area contributed by atoms with Gasteiger partial charge in [-0.05, 0) is 46.3 Å². The highest BCUT2D eigenvalue weighted by molar-refractivity contribution is 6.50. The molecule has 4 aromatic rings. The maximum atomic E-state index is 9.75. The van der Waals surface area contributed by atoms with Crippen molar-refractivity contribution in [2.24, 2.45) is 0 Å². The van der Waals surface area contributed by atoms with Crippen LogP contribution in [0.5, 0.6) is 0 Å². The summed E-state index contributed by atoms with van der Waals surface area (Å²) in [5.74, 6) is 0.693. The zero-order chi connectivity index (χ0) is 20.0. The molecule has 0 saturated heterocycles. The van der Waals surface area contributed by atoms with Crippen LogP contribution in [0.15, 0.2) is 91.0 Å². The Bertz CT molecular complexity index is 944. The van der Waals surface area contributed by atoms with Gasteiger partial charge in [-0.1, -0.05) is 54.6 Å². The molecular weight excluding hydrogens is 371 g/mol. The summed E-state index contributed by atoms with van der Waals surface area (Å²) in [6.45, 7) is 0. The standard InChI is InChI=1S/C19H15N4.BF4/c1-4-10-16(11-5-1)19-20-22(17-12-6-2-7-13-17)23(21-19)18-14-8-3-9-15-18;2-1(3,4)5/h1-15H;/q+1;-1. The van der Waals surface area contributed by atoms with Gasteiger partial charge in [-0.3, -0.25) is 0 Å². The van der Waals surface area contributed by atoms with Gasteiger partial charge < -0.3 is 17.3 Å². The van der Waals surface area contributed by atoms with Crippen molar-refractivity contribution < 1.29 is 22.1 Å². The molecule has 1 aromatic heterocycles. The first-order chi connectivity index (χ1) is 13.4. The Morgan fingerprint density at radius 1 is 0.679 bits per heavy atom. The zero-order valence-corrected chi connectivity index (χ0v) is 14.5. The normalized spacial score (nSPS) is 10.9. The van der Waals surface area contributed by atoms with Crippen LogP contribution in [-0.2, 0) is 0 Å². The molecule has 9 heteroatoms. The number of hydrogen-bond donors (Lipinski definition) is 0. The number of aromatic nitrogens is 4. The van der Waals surface area contributed by atoms with Gasteiger partial charge in [-0.2, -0.15) is 0 Å². The van der Waals surface area contributed by atoms with E-state index in [1.807, 2.05) is 101 Å². The first-order valence-corrected chi connectivity index (χ1v) is 8.35. The maximum Gasteiger partial charge on any atom is 0.673 e. The van der Waals surface area contributed by atoms with Gasteiger partial charge in [0.2, 0.25) is 0 Å². The largest absolute Gasteiger partial charge is 0.673 e. The van der Waals surface area contributed by atoms with Crippen molar-refractivity contribution in [3.05, 3.63) is 91.0 Å². The van der Waals surface area contributed by atoms with Gasteiger partial charge in [-0.15, -0.1) is 0 Å². The van der Waals surface area contributed by atoms with E-state index in [1.165, 1.54) is 0 Å². The van der Waals surface area contributed by atoms with E-state index in [1.54, 1.807) is 0 Å². The third-order valence-electron chi connectivity index (χ3n) is 3.56. The summed E-state index contributed by atoms with van der Waals surface area (Å²) < 4.78 is 39.0. The van der Waals surface area contributed by atoms with Crippen LogP contribution in [0.2, 0.25) is 0 Å². The molecule has 1 heterocycles. The highest BCUT2D eigenvalue weighted by Gasteiger charge is 2.22. The van der Waals surface area contributed by atoms with Crippen LogP contribution in [-0.4, -0.2) is 22.2 Å². The van der Waals surface area contributed by atoms with E-state index in [2.05, 4.69) is 0 Å². The molecule has 3 aromatic carbocycles. The molecule has 0 radical (unpaired) electrons. The predicted molar refractivity (Wildman–Crippen MR) is 98.5 cm³/mol. The lowest BCUT2D eigenvalue weighted by molar-refractivity contribution is -0.734. The van der Waals surface area contributed by atoms with Crippen LogP contribution in [0.4, 0.5) is 17.3 Å². The summed E-state index contributed by atoms with van der Waals surface area (Å²) in [5, 5.41) is 9.39. The summed E-state index contributed by atoms with van der Waals surface area (Å²) in [6.07, 6.45) is 0. The lowest BCUT2D eigenvalue weighted by atomic mass is 10.2. The second-order valence-corrected chi connectivity index (χ2v) is 5.63. The van der Waals surface area contributed by atoms with E-state index in [0.29, 0.717) is 5.82 Å². The first kappa shape index (κ1) is 19.3. The molecule has 0 unspecified atom stereocenters. The number of nitrogens with zero attached hydrogens (tertiary/aromatic N) is 4. The fourth-order valence-corrected chi connectivity index (χ4v) is 2.44. The van der Waals surface area contributed by atoms with E-state index in [-0.39, 0.29) is 0 Å². The molecular formula is C19H15BF4N4. The van der Waals surface area contributed by atoms with Crippen molar-refractivity contribution in [2.75, 3.05) is 0 Å². The number of hydrogen-bond acceptors (Lipinski definition) is 2. The summed E-state index contributed by atoms with van der Waals surface area (Å²) in [4.78, 5) is 3.63. The van der Waals surface area contributed by atoms with Crippen LogP contribution < -0.4 is 4.80 Å². The van der Waals surface area contributed by atoms with E-state index in [9.17, 15) is 17.3 Å². The van der Waals surface area contributed by atoms with Crippen molar-refractivity contribution >= 4 is 7.25 Å². The summed E-state index contributed by atoms with van der Waals surface area (Å²) in [6, 6.07) is 30.0. The molecule has 0 saturated carbocycles. The molecule has 142 valence electrons. The van der Waals surface area contributed by atoms with Gasteiger partial charge in [0.05, 0.1) is 10.7 Å². The first-order valence-electron chi connectivity index (χ1n) is 8.35. The van der Waals surface area contributed by atoms with Crippen LogP contribution >= 0.6 is 0 Å². The summed E-state index contributed by atoms with van der Waals surface area (Å²) in [7, 11) is -6.00. The minimum atomic E-state index is -6.00. The SMILES string of the molecule is F[B-](F)(F)F.c1ccc(-c2nn(-c3ccccc3)[n+](-c3ccccc3)n2)cc1. The quantitative estimate of drug-likeness (QED) is 0.295. The minimum Gasteiger partial charge on any atom is -0.418 e. The van der Waals surface area contributed by atoms with Crippen LogP contribution in [0.1, 0.15) is 0 Å². The second kappa shape index (κ2) is 8.47. The van der Waals surface area contributed by atoms with Gasteiger partial charge in [0.1, 0.15) is 5.69 Å².